The van der Waals surface area contributed by atoms with Crippen molar-refractivity contribution in [1.29, 1.82) is 0 Å². The van der Waals surface area contributed by atoms with Gasteiger partial charge < -0.3 is 19.9 Å². The van der Waals surface area contributed by atoms with E-state index in [-0.39, 0.29) is 6.42 Å². The van der Waals surface area contributed by atoms with Gasteiger partial charge in [-0.25, -0.2) is 0 Å². The van der Waals surface area contributed by atoms with Gasteiger partial charge in [-0.05, 0) is 67.6 Å². The number of carboxylic acid groups (broad SMARTS) is 1. The Bertz CT molecular complexity index is 668. The number of hydrogen-bond acceptors (Lipinski definition) is 4. The molecule has 0 bridgehead atoms. The lowest BCUT2D eigenvalue weighted by molar-refractivity contribution is -0.136. The third-order valence-electron chi connectivity index (χ3n) is 4.30. The summed E-state index contributed by atoms with van der Waals surface area (Å²) in [5.41, 5.74) is 2.55. The van der Waals surface area contributed by atoms with Crippen molar-refractivity contribution < 1.29 is 19.4 Å². The van der Waals surface area contributed by atoms with Gasteiger partial charge in [0.1, 0.15) is 11.5 Å². The zero-order valence-electron chi connectivity index (χ0n) is 15.9. The minimum Gasteiger partial charge on any atom is -0.497 e. The molecule has 0 aromatic heterocycles. The number of carbonyl (C=O) groups is 1. The van der Waals surface area contributed by atoms with Crippen LogP contribution < -0.4 is 14.8 Å². The Morgan fingerprint density at radius 2 is 1.48 bits per heavy atom. The molecule has 27 heavy (non-hydrogen) atoms. The average Bonchev–Trinajstić information content (AvgIpc) is 2.69. The molecule has 0 unspecified atom stereocenters. The molecule has 0 atom stereocenters. The SMILES string of the molecule is COc1ccc(CCCOc2ccc(CCCNCCC(=O)O)cc2)cc1. The second kappa shape index (κ2) is 12.0. The summed E-state index contributed by atoms with van der Waals surface area (Å²) in [5, 5.41) is 11.7. The van der Waals surface area contributed by atoms with Crippen molar-refractivity contribution in [2.75, 3.05) is 26.8 Å². The fourth-order valence-corrected chi connectivity index (χ4v) is 2.75. The molecule has 0 amide bonds. The molecule has 2 rings (SSSR count). The summed E-state index contributed by atoms with van der Waals surface area (Å²) in [7, 11) is 1.67. The van der Waals surface area contributed by atoms with Crippen LogP contribution in [0.25, 0.3) is 0 Å². The number of aryl methyl sites for hydroxylation is 2. The molecule has 0 radical (unpaired) electrons. The number of methoxy groups -OCH3 is 1. The molecule has 0 aliphatic rings. The van der Waals surface area contributed by atoms with Crippen molar-refractivity contribution in [1.82, 2.24) is 5.32 Å². The van der Waals surface area contributed by atoms with Crippen LogP contribution >= 0.6 is 0 Å². The van der Waals surface area contributed by atoms with E-state index in [1.54, 1.807) is 7.11 Å². The second-order valence-electron chi connectivity index (χ2n) is 6.44. The van der Waals surface area contributed by atoms with Crippen molar-refractivity contribution in [3.8, 4) is 11.5 Å². The maximum Gasteiger partial charge on any atom is 0.304 e. The normalized spacial score (nSPS) is 10.6. The van der Waals surface area contributed by atoms with Crippen LogP contribution in [-0.2, 0) is 17.6 Å². The molecule has 5 nitrogen and oxygen atoms in total. The minimum absolute atomic E-state index is 0.171. The second-order valence-corrected chi connectivity index (χ2v) is 6.44. The van der Waals surface area contributed by atoms with E-state index in [4.69, 9.17) is 14.6 Å². The third-order valence-corrected chi connectivity index (χ3v) is 4.30. The molecule has 2 aromatic rings. The van der Waals surface area contributed by atoms with Gasteiger partial charge in [0.15, 0.2) is 0 Å². The summed E-state index contributed by atoms with van der Waals surface area (Å²) < 4.78 is 11.0. The molecule has 0 spiro atoms. The Morgan fingerprint density at radius 3 is 2.07 bits per heavy atom. The summed E-state index contributed by atoms with van der Waals surface area (Å²) in [5.74, 6) is 1.02. The molecular formula is C22H29NO4. The van der Waals surface area contributed by atoms with E-state index in [1.165, 1.54) is 11.1 Å². The zero-order chi connectivity index (χ0) is 19.3. The first-order chi connectivity index (χ1) is 13.2. The molecule has 2 aromatic carbocycles. The summed E-state index contributed by atoms with van der Waals surface area (Å²) in [6.45, 7) is 2.05. The molecule has 0 saturated heterocycles. The van der Waals surface area contributed by atoms with Crippen LogP contribution in [0.2, 0.25) is 0 Å². The van der Waals surface area contributed by atoms with E-state index in [9.17, 15) is 4.79 Å². The van der Waals surface area contributed by atoms with Crippen LogP contribution in [0.1, 0.15) is 30.4 Å². The van der Waals surface area contributed by atoms with E-state index in [1.807, 2.05) is 24.3 Å². The molecule has 0 heterocycles. The molecule has 0 saturated carbocycles. The van der Waals surface area contributed by atoms with Crippen LogP contribution in [0.4, 0.5) is 0 Å². The van der Waals surface area contributed by atoms with Crippen molar-refractivity contribution in [3.05, 3.63) is 59.7 Å². The molecule has 0 aliphatic carbocycles. The summed E-state index contributed by atoms with van der Waals surface area (Å²) in [4.78, 5) is 10.4. The van der Waals surface area contributed by atoms with E-state index in [0.29, 0.717) is 13.2 Å². The molecule has 2 N–H and O–H groups in total. The average molecular weight is 371 g/mol. The van der Waals surface area contributed by atoms with Crippen molar-refractivity contribution >= 4 is 5.97 Å². The lowest BCUT2D eigenvalue weighted by Gasteiger charge is -2.08. The number of hydrogen-bond donors (Lipinski definition) is 2. The van der Waals surface area contributed by atoms with Crippen LogP contribution in [0, 0.1) is 0 Å². The Balaban J connectivity index is 1.58. The third kappa shape index (κ3) is 8.60. The van der Waals surface area contributed by atoms with Crippen LogP contribution in [-0.4, -0.2) is 37.9 Å². The summed E-state index contributed by atoms with van der Waals surface area (Å²) in [6.07, 6.45) is 4.08. The van der Waals surface area contributed by atoms with Crippen molar-refractivity contribution in [2.45, 2.75) is 32.1 Å². The quantitative estimate of drug-likeness (QED) is 0.526. The largest absolute Gasteiger partial charge is 0.497 e. The van der Waals surface area contributed by atoms with E-state index >= 15 is 0 Å². The van der Waals surface area contributed by atoms with Crippen molar-refractivity contribution in [3.63, 3.8) is 0 Å². The van der Waals surface area contributed by atoms with Gasteiger partial charge in [-0.3, -0.25) is 4.79 Å². The van der Waals surface area contributed by atoms with Gasteiger partial charge in [-0.1, -0.05) is 24.3 Å². The van der Waals surface area contributed by atoms with E-state index < -0.39 is 5.97 Å². The summed E-state index contributed by atoms with van der Waals surface area (Å²) >= 11 is 0. The van der Waals surface area contributed by atoms with E-state index in [2.05, 4.69) is 29.6 Å². The fraction of sp³-hybridized carbons (Fsp3) is 0.409. The monoisotopic (exact) mass is 371 g/mol. The zero-order valence-corrected chi connectivity index (χ0v) is 15.9. The van der Waals surface area contributed by atoms with Gasteiger partial charge >= 0.3 is 5.97 Å². The lowest BCUT2D eigenvalue weighted by Crippen LogP contribution is -2.19. The number of nitrogens with one attached hydrogen (secondary N) is 1. The number of aliphatic carboxylic acids is 1. The minimum atomic E-state index is -0.762. The predicted molar refractivity (Wildman–Crippen MR) is 107 cm³/mol. The topological polar surface area (TPSA) is 67.8 Å². The Labute approximate surface area is 161 Å². The molecule has 0 fully saturated rings. The van der Waals surface area contributed by atoms with Gasteiger partial charge in [0.25, 0.3) is 0 Å². The fourth-order valence-electron chi connectivity index (χ4n) is 2.75. The predicted octanol–water partition coefficient (Wildman–Crippen LogP) is 3.70. The molecular weight excluding hydrogens is 342 g/mol. The van der Waals surface area contributed by atoms with Crippen molar-refractivity contribution in [2.24, 2.45) is 0 Å². The number of rotatable bonds is 13. The van der Waals surface area contributed by atoms with Crippen LogP contribution in [0.3, 0.4) is 0 Å². The highest BCUT2D eigenvalue weighted by molar-refractivity contribution is 5.66. The summed E-state index contributed by atoms with van der Waals surface area (Å²) in [6, 6.07) is 16.4. The number of ether oxygens (including phenoxy) is 2. The highest BCUT2D eigenvalue weighted by Crippen LogP contribution is 2.15. The van der Waals surface area contributed by atoms with Gasteiger partial charge in [0.2, 0.25) is 0 Å². The molecule has 146 valence electrons. The van der Waals surface area contributed by atoms with E-state index in [0.717, 1.165) is 43.7 Å². The first kappa shape index (κ1) is 20.8. The molecule has 5 heteroatoms. The number of benzene rings is 2. The van der Waals surface area contributed by atoms with Gasteiger partial charge in [0.05, 0.1) is 20.1 Å². The standard InChI is InChI=1S/C22H29NO4/c1-26-20-10-6-19(7-11-20)5-3-17-27-21-12-8-18(9-13-21)4-2-15-23-16-14-22(24)25/h6-13,23H,2-5,14-17H2,1H3,(H,24,25). The smallest absolute Gasteiger partial charge is 0.304 e. The maximum atomic E-state index is 10.4. The first-order valence-corrected chi connectivity index (χ1v) is 9.44. The Hall–Kier alpha value is -2.53. The van der Waals surface area contributed by atoms with Gasteiger partial charge in [-0.15, -0.1) is 0 Å². The van der Waals surface area contributed by atoms with Gasteiger partial charge in [0, 0.05) is 6.54 Å². The number of carboxylic acids is 1. The van der Waals surface area contributed by atoms with Gasteiger partial charge in [-0.2, -0.15) is 0 Å². The Morgan fingerprint density at radius 1 is 0.889 bits per heavy atom. The molecule has 0 aliphatic heterocycles. The van der Waals surface area contributed by atoms with Crippen LogP contribution in [0.5, 0.6) is 11.5 Å². The van der Waals surface area contributed by atoms with Crippen LogP contribution in [0.15, 0.2) is 48.5 Å². The first-order valence-electron chi connectivity index (χ1n) is 9.44. The highest BCUT2D eigenvalue weighted by atomic mass is 16.5. The maximum absolute atomic E-state index is 10.4. The highest BCUT2D eigenvalue weighted by Gasteiger charge is 1.99. The Kier molecular flexibility index (Phi) is 9.21. The lowest BCUT2D eigenvalue weighted by atomic mass is 10.1.